The van der Waals surface area contributed by atoms with Gasteiger partial charge in [0.2, 0.25) is 0 Å². The molecule has 0 aliphatic heterocycles. The maximum absolute atomic E-state index is 8.81. The maximum Gasteiger partial charge on any atom is 0.123 e. The Morgan fingerprint density at radius 3 is 2.75 bits per heavy atom. The van der Waals surface area contributed by atoms with Crippen molar-refractivity contribution in [2.45, 2.75) is 39.3 Å². The summed E-state index contributed by atoms with van der Waals surface area (Å²) in [6.45, 7) is 5.28. The average molecular weight is 290 g/mol. The van der Waals surface area contributed by atoms with Crippen LogP contribution in [0.2, 0.25) is 0 Å². The number of aryl methyl sites for hydroxylation is 1. The van der Waals surface area contributed by atoms with Gasteiger partial charge >= 0.3 is 0 Å². The van der Waals surface area contributed by atoms with Gasteiger partial charge in [-0.15, -0.1) is 11.3 Å². The second-order valence-corrected chi connectivity index (χ2v) is 6.02. The van der Waals surface area contributed by atoms with Gasteiger partial charge in [-0.2, -0.15) is 0 Å². The van der Waals surface area contributed by atoms with Crippen LogP contribution in [0.25, 0.3) is 10.6 Å². The molecule has 2 rings (SSSR count). The second-order valence-electron chi connectivity index (χ2n) is 5.16. The number of aromatic nitrogens is 1. The zero-order valence-electron chi connectivity index (χ0n) is 12.1. The molecule has 2 N–H and O–H groups in total. The summed E-state index contributed by atoms with van der Waals surface area (Å²) in [5.41, 5.74) is 3.53. The summed E-state index contributed by atoms with van der Waals surface area (Å²) in [6, 6.07) is 8.88. The van der Waals surface area contributed by atoms with Crippen molar-refractivity contribution in [1.82, 2.24) is 10.3 Å². The number of nitrogens with one attached hydrogen (secondary N) is 1. The molecule has 1 aromatic carbocycles. The Balaban J connectivity index is 1.90. The third kappa shape index (κ3) is 4.40. The van der Waals surface area contributed by atoms with Crippen LogP contribution in [-0.4, -0.2) is 22.7 Å². The third-order valence-corrected chi connectivity index (χ3v) is 4.22. The first kappa shape index (κ1) is 15.2. The number of aliphatic hydroxyl groups excluding tert-OH is 1. The van der Waals surface area contributed by atoms with Crippen molar-refractivity contribution >= 4 is 11.3 Å². The normalized spacial score (nSPS) is 12.6. The second kappa shape index (κ2) is 7.53. The number of thiazole rings is 1. The van der Waals surface area contributed by atoms with E-state index in [0.29, 0.717) is 6.04 Å². The Kier molecular flexibility index (Phi) is 5.71. The first-order valence-electron chi connectivity index (χ1n) is 7.04. The lowest BCUT2D eigenvalue weighted by Gasteiger charge is -2.11. The van der Waals surface area contributed by atoms with Gasteiger partial charge < -0.3 is 10.4 Å². The van der Waals surface area contributed by atoms with Crippen LogP contribution < -0.4 is 5.32 Å². The minimum atomic E-state index is 0.264. The Labute approximate surface area is 124 Å². The van der Waals surface area contributed by atoms with Gasteiger partial charge in [-0.3, -0.25) is 0 Å². The summed E-state index contributed by atoms with van der Waals surface area (Å²) in [5, 5.41) is 15.4. The number of benzene rings is 1. The molecule has 1 heterocycles. The third-order valence-electron chi connectivity index (χ3n) is 3.28. The van der Waals surface area contributed by atoms with E-state index in [0.717, 1.165) is 30.1 Å². The molecule has 4 heteroatoms. The molecule has 1 aromatic heterocycles. The Bertz CT molecular complexity index is 522. The van der Waals surface area contributed by atoms with E-state index >= 15 is 0 Å². The van der Waals surface area contributed by atoms with Gasteiger partial charge in [-0.05, 0) is 26.7 Å². The Hall–Kier alpha value is -1.23. The Morgan fingerprint density at radius 1 is 1.30 bits per heavy atom. The summed E-state index contributed by atoms with van der Waals surface area (Å²) in [4.78, 5) is 4.67. The average Bonchev–Trinajstić information content (AvgIpc) is 2.92. The molecule has 0 fully saturated rings. The minimum Gasteiger partial charge on any atom is -0.396 e. The van der Waals surface area contributed by atoms with Gasteiger partial charge in [0.25, 0.3) is 0 Å². The molecule has 0 bridgehead atoms. The topological polar surface area (TPSA) is 45.2 Å². The molecule has 108 valence electrons. The van der Waals surface area contributed by atoms with Crippen LogP contribution in [0.3, 0.4) is 0 Å². The lowest BCUT2D eigenvalue weighted by Crippen LogP contribution is -2.25. The van der Waals surface area contributed by atoms with Crippen LogP contribution in [0.1, 0.15) is 31.0 Å². The van der Waals surface area contributed by atoms with Crippen LogP contribution >= 0.6 is 11.3 Å². The van der Waals surface area contributed by atoms with Crippen LogP contribution in [0.15, 0.2) is 29.6 Å². The number of hydrogen-bond acceptors (Lipinski definition) is 4. The summed E-state index contributed by atoms with van der Waals surface area (Å²) < 4.78 is 0. The van der Waals surface area contributed by atoms with E-state index in [9.17, 15) is 0 Å². The largest absolute Gasteiger partial charge is 0.396 e. The van der Waals surface area contributed by atoms with E-state index in [1.165, 1.54) is 11.1 Å². The molecule has 0 amide bonds. The van der Waals surface area contributed by atoms with Gasteiger partial charge in [-0.25, -0.2) is 4.98 Å². The van der Waals surface area contributed by atoms with Crippen LogP contribution in [0.4, 0.5) is 0 Å². The van der Waals surface area contributed by atoms with Crippen LogP contribution in [-0.2, 0) is 6.54 Å². The van der Waals surface area contributed by atoms with Crippen LogP contribution in [0.5, 0.6) is 0 Å². The SMILES string of the molecule is Cc1ccc(-c2nc(CNC(C)CCCO)cs2)cc1. The molecule has 0 saturated heterocycles. The molecule has 1 atom stereocenters. The van der Waals surface area contributed by atoms with Crippen molar-refractivity contribution in [2.75, 3.05) is 6.61 Å². The number of hydrogen-bond donors (Lipinski definition) is 2. The molecule has 20 heavy (non-hydrogen) atoms. The molecule has 2 aromatic rings. The van der Waals surface area contributed by atoms with Gasteiger partial charge in [-0.1, -0.05) is 29.8 Å². The highest BCUT2D eigenvalue weighted by Gasteiger charge is 2.06. The predicted molar refractivity (Wildman–Crippen MR) is 84.9 cm³/mol. The standard InChI is InChI=1S/C16H22N2OS/c1-12-5-7-14(8-6-12)16-18-15(11-20-16)10-17-13(2)4-3-9-19/h5-8,11,13,17,19H,3-4,9-10H2,1-2H3. The van der Waals surface area contributed by atoms with Crippen molar-refractivity contribution in [3.8, 4) is 10.6 Å². The number of rotatable bonds is 7. The summed E-state index contributed by atoms with van der Waals surface area (Å²) >= 11 is 1.69. The van der Waals surface area contributed by atoms with Gasteiger partial charge in [0, 0.05) is 30.1 Å². The quantitative estimate of drug-likeness (QED) is 0.822. The maximum atomic E-state index is 8.81. The molecular formula is C16H22N2OS. The first-order valence-corrected chi connectivity index (χ1v) is 7.92. The van der Waals surface area contributed by atoms with Crippen molar-refractivity contribution in [3.05, 3.63) is 40.9 Å². The van der Waals surface area contributed by atoms with E-state index in [2.05, 4.69) is 53.8 Å². The smallest absolute Gasteiger partial charge is 0.123 e. The highest BCUT2D eigenvalue weighted by atomic mass is 32.1. The molecule has 0 radical (unpaired) electrons. The molecule has 0 aliphatic rings. The highest BCUT2D eigenvalue weighted by molar-refractivity contribution is 7.13. The van der Waals surface area contributed by atoms with Crippen molar-refractivity contribution in [3.63, 3.8) is 0 Å². The zero-order chi connectivity index (χ0) is 14.4. The summed E-state index contributed by atoms with van der Waals surface area (Å²) in [5.74, 6) is 0. The molecule has 1 unspecified atom stereocenters. The number of aliphatic hydroxyl groups is 1. The van der Waals surface area contributed by atoms with E-state index in [4.69, 9.17) is 5.11 Å². The predicted octanol–water partition coefficient (Wildman–Crippen LogP) is 3.37. The fourth-order valence-corrected chi connectivity index (χ4v) is 2.82. The fourth-order valence-electron chi connectivity index (χ4n) is 2.00. The van der Waals surface area contributed by atoms with E-state index in [1.807, 2.05) is 0 Å². The van der Waals surface area contributed by atoms with E-state index in [-0.39, 0.29) is 6.61 Å². The van der Waals surface area contributed by atoms with Crippen molar-refractivity contribution in [2.24, 2.45) is 0 Å². The first-order chi connectivity index (χ1) is 9.69. The lowest BCUT2D eigenvalue weighted by molar-refractivity contribution is 0.276. The summed E-state index contributed by atoms with van der Waals surface area (Å²) in [7, 11) is 0. The van der Waals surface area contributed by atoms with Gasteiger partial charge in [0.05, 0.1) is 5.69 Å². The lowest BCUT2D eigenvalue weighted by atomic mass is 10.2. The molecule has 0 aliphatic carbocycles. The monoisotopic (exact) mass is 290 g/mol. The molecule has 0 saturated carbocycles. The van der Waals surface area contributed by atoms with E-state index < -0.39 is 0 Å². The van der Waals surface area contributed by atoms with Crippen molar-refractivity contribution < 1.29 is 5.11 Å². The minimum absolute atomic E-state index is 0.264. The number of nitrogens with zero attached hydrogens (tertiary/aromatic N) is 1. The van der Waals surface area contributed by atoms with E-state index in [1.54, 1.807) is 11.3 Å². The molecule has 3 nitrogen and oxygen atoms in total. The Morgan fingerprint density at radius 2 is 2.05 bits per heavy atom. The van der Waals surface area contributed by atoms with Gasteiger partial charge in [0.1, 0.15) is 5.01 Å². The molecular weight excluding hydrogens is 268 g/mol. The zero-order valence-corrected chi connectivity index (χ0v) is 12.9. The van der Waals surface area contributed by atoms with Crippen LogP contribution in [0, 0.1) is 6.92 Å². The van der Waals surface area contributed by atoms with Gasteiger partial charge in [0.15, 0.2) is 0 Å². The van der Waals surface area contributed by atoms with Crippen molar-refractivity contribution in [1.29, 1.82) is 0 Å². The highest BCUT2D eigenvalue weighted by Crippen LogP contribution is 2.23. The fraction of sp³-hybridized carbons (Fsp3) is 0.438. The molecule has 0 spiro atoms. The summed E-state index contributed by atoms with van der Waals surface area (Å²) in [6.07, 6.45) is 1.84.